The van der Waals surface area contributed by atoms with E-state index in [0.717, 1.165) is 12.0 Å². The Morgan fingerprint density at radius 2 is 1.88 bits per heavy atom. The van der Waals surface area contributed by atoms with Gasteiger partial charge in [-0.2, -0.15) is 0 Å². The second-order valence-corrected chi connectivity index (χ2v) is 4.81. The van der Waals surface area contributed by atoms with E-state index < -0.39 is 11.8 Å². The molecule has 0 saturated heterocycles. The third-order valence-corrected chi connectivity index (χ3v) is 3.57. The fourth-order valence-corrected chi connectivity index (χ4v) is 2.13. The maximum absolute atomic E-state index is 13.8. The lowest BCUT2D eigenvalue weighted by molar-refractivity contribution is -0.0285. The minimum atomic E-state index is -2.68. The summed E-state index contributed by atoms with van der Waals surface area (Å²) < 4.78 is 27.6. The third kappa shape index (κ3) is 2.49. The van der Waals surface area contributed by atoms with Gasteiger partial charge in [0.2, 0.25) is 0 Å². The molecule has 1 fully saturated rings. The fraction of sp³-hybridized carbons (Fsp3) is 0.571. The molecule has 1 aromatic rings. The first-order valence-electron chi connectivity index (χ1n) is 6.18. The quantitative estimate of drug-likeness (QED) is 0.832. The summed E-state index contributed by atoms with van der Waals surface area (Å²) >= 11 is 0. The molecule has 1 aliphatic carbocycles. The first-order chi connectivity index (χ1) is 8.09. The first kappa shape index (κ1) is 12.5. The van der Waals surface area contributed by atoms with Crippen LogP contribution in [0.1, 0.15) is 43.2 Å². The summed E-state index contributed by atoms with van der Waals surface area (Å²) in [6.07, 6.45) is 2.07. The Balaban J connectivity index is 2.17. The molecule has 0 spiro atoms. The highest BCUT2D eigenvalue weighted by molar-refractivity contribution is 5.29. The van der Waals surface area contributed by atoms with E-state index in [4.69, 9.17) is 5.11 Å². The first-order valence-corrected chi connectivity index (χ1v) is 6.18. The van der Waals surface area contributed by atoms with Gasteiger partial charge < -0.3 is 5.11 Å². The lowest BCUT2D eigenvalue weighted by Crippen LogP contribution is -2.16. The Morgan fingerprint density at radius 1 is 1.29 bits per heavy atom. The monoisotopic (exact) mass is 240 g/mol. The van der Waals surface area contributed by atoms with Crippen molar-refractivity contribution in [1.29, 1.82) is 0 Å². The molecule has 2 rings (SSSR count). The summed E-state index contributed by atoms with van der Waals surface area (Å²) in [6.45, 7) is 2.04. The van der Waals surface area contributed by atoms with E-state index in [9.17, 15) is 8.78 Å². The molecular weight excluding hydrogens is 222 g/mol. The third-order valence-electron chi connectivity index (χ3n) is 3.57. The lowest BCUT2D eigenvalue weighted by atomic mass is 9.94. The number of rotatable bonds is 5. The highest BCUT2D eigenvalue weighted by atomic mass is 19.3. The average Bonchev–Trinajstić information content (AvgIpc) is 3.15. The summed E-state index contributed by atoms with van der Waals surface area (Å²) in [5.74, 6) is -3.09. The molecule has 1 nitrogen and oxygen atoms in total. The smallest absolute Gasteiger partial charge is 0.276 e. The molecule has 1 saturated carbocycles. The lowest BCUT2D eigenvalue weighted by Gasteiger charge is -2.18. The minimum Gasteiger partial charge on any atom is -0.396 e. The van der Waals surface area contributed by atoms with E-state index in [0.29, 0.717) is 12.8 Å². The van der Waals surface area contributed by atoms with Crippen molar-refractivity contribution in [2.75, 3.05) is 6.61 Å². The molecule has 0 aliphatic heterocycles. The van der Waals surface area contributed by atoms with Crippen LogP contribution in [0.25, 0.3) is 0 Å². The van der Waals surface area contributed by atoms with E-state index in [-0.39, 0.29) is 18.1 Å². The Labute approximate surface area is 100 Å². The van der Waals surface area contributed by atoms with Crippen LogP contribution in [0, 0.1) is 5.92 Å². The van der Waals surface area contributed by atoms with Crippen molar-refractivity contribution in [1.82, 2.24) is 0 Å². The molecular formula is C14H18F2O. The molecule has 1 N–H and O–H groups in total. The predicted molar refractivity (Wildman–Crippen MR) is 63.2 cm³/mol. The molecule has 94 valence electrons. The van der Waals surface area contributed by atoms with Gasteiger partial charge in [0.05, 0.1) is 0 Å². The van der Waals surface area contributed by atoms with Crippen LogP contribution in [0.3, 0.4) is 0 Å². The van der Waals surface area contributed by atoms with E-state index in [1.54, 1.807) is 12.1 Å². The van der Waals surface area contributed by atoms with Crippen molar-refractivity contribution in [3.8, 4) is 0 Å². The van der Waals surface area contributed by atoms with E-state index >= 15 is 0 Å². The molecule has 0 aromatic heterocycles. The maximum atomic E-state index is 13.8. The van der Waals surface area contributed by atoms with Gasteiger partial charge in [0.25, 0.3) is 5.92 Å². The van der Waals surface area contributed by atoms with Crippen molar-refractivity contribution < 1.29 is 13.9 Å². The molecule has 0 amide bonds. The Bertz CT molecular complexity index is 364. The van der Waals surface area contributed by atoms with E-state index in [2.05, 4.69) is 0 Å². The van der Waals surface area contributed by atoms with Crippen molar-refractivity contribution >= 4 is 0 Å². The van der Waals surface area contributed by atoms with Gasteiger partial charge in [0, 0.05) is 24.0 Å². The zero-order valence-corrected chi connectivity index (χ0v) is 10.00. The number of benzene rings is 1. The van der Waals surface area contributed by atoms with Crippen LogP contribution in [0.15, 0.2) is 24.3 Å². The number of hydrogen-bond donors (Lipinski definition) is 1. The van der Waals surface area contributed by atoms with Crippen LogP contribution >= 0.6 is 0 Å². The van der Waals surface area contributed by atoms with E-state index in [1.807, 2.05) is 6.92 Å². The van der Waals surface area contributed by atoms with Gasteiger partial charge in [-0.05, 0) is 24.8 Å². The minimum absolute atomic E-state index is 0.0543. The van der Waals surface area contributed by atoms with Crippen LogP contribution in [0.2, 0.25) is 0 Å². The highest BCUT2D eigenvalue weighted by Crippen LogP contribution is 2.49. The second kappa shape index (κ2) is 4.73. The summed E-state index contributed by atoms with van der Waals surface area (Å²) in [6, 6.07) is 6.45. The normalized spacial score (nSPS) is 18.1. The van der Waals surface area contributed by atoms with E-state index in [1.165, 1.54) is 12.1 Å². The highest BCUT2D eigenvalue weighted by Gasteiger charge is 2.47. The summed E-state index contributed by atoms with van der Waals surface area (Å²) in [5, 5.41) is 9.16. The zero-order chi connectivity index (χ0) is 12.5. The summed E-state index contributed by atoms with van der Waals surface area (Å²) in [5.41, 5.74) is 1.04. The predicted octanol–water partition coefficient (Wildman–Crippen LogP) is 3.67. The van der Waals surface area contributed by atoms with Crippen LogP contribution < -0.4 is 0 Å². The van der Waals surface area contributed by atoms with Crippen molar-refractivity contribution in [2.24, 2.45) is 5.92 Å². The molecule has 0 radical (unpaired) electrons. The molecule has 0 heterocycles. The van der Waals surface area contributed by atoms with Crippen LogP contribution in [-0.4, -0.2) is 11.7 Å². The Morgan fingerprint density at radius 3 is 2.29 bits per heavy atom. The van der Waals surface area contributed by atoms with Gasteiger partial charge in [0.1, 0.15) is 0 Å². The Kier molecular flexibility index (Phi) is 3.48. The standard InChI is InChI=1S/C14H18F2O/c1-2-10(9-17)11-3-5-12(6-4-11)14(15,16)13-7-8-13/h3-6,10,13,17H,2,7-9H2,1H3. The SMILES string of the molecule is CCC(CO)c1ccc(C(F)(F)C2CC2)cc1. The van der Waals surface area contributed by atoms with Crippen LogP contribution in [0.4, 0.5) is 8.78 Å². The zero-order valence-electron chi connectivity index (χ0n) is 10.00. The van der Waals surface area contributed by atoms with Gasteiger partial charge in [-0.25, -0.2) is 8.78 Å². The van der Waals surface area contributed by atoms with Crippen molar-refractivity contribution in [3.63, 3.8) is 0 Å². The maximum Gasteiger partial charge on any atom is 0.276 e. The average molecular weight is 240 g/mol. The van der Waals surface area contributed by atoms with Crippen LogP contribution in [0.5, 0.6) is 0 Å². The van der Waals surface area contributed by atoms with Gasteiger partial charge in [0.15, 0.2) is 0 Å². The molecule has 1 atom stereocenters. The topological polar surface area (TPSA) is 20.2 Å². The van der Waals surface area contributed by atoms with Gasteiger partial charge in [-0.3, -0.25) is 0 Å². The molecule has 3 heteroatoms. The Hall–Kier alpha value is -0.960. The van der Waals surface area contributed by atoms with Crippen molar-refractivity contribution in [2.45, 2.75) is 38.0 Å². The summed E-state index contributed by atoms with van der Waals surface area (Å²) in [7, 11) is 0. The molecule has 1 aromatic carbocycles. The number of aliphatic hydroxyl groups excluding tert-OH is 1. The molecule has 0 bridgehead atoms. The number of hydrogen-bond acceptors (Lipinski definition) is 1. The fourth-order valence-electron chi connectivity index (χ4n) is 2.13. The molecule has 17 heavy (non-hydrogen) atoms. The van der Waals surface area contributed by atoms with Crippen molar-refractivity contribution in [3.05, 3.63) is 35.4 Å². The molecule has 1 aliphatic rings. The van der Waals surface area contributed by atoms with Crippen LogP contribution in [-0.2, 0) is 5.92 Å². The second-order valence-electron chi connectivity index (χ2n) is 4.81. The van der Waals surface area contributed by atoms with Gasteiger partial charge in [-0.1, -0.05) is 31.2 Å². The number of aliphatic hydroxyl groups is 1. The largest absolute Gasteiger partial charge is 0.396 e. The summed E-state index contributed by atoms with van der Waals surface area (Å²) in [4.78, 5) is 0. The number of alkyl halides is 2. The number of halogens is 2. The van der Waals surface area contributed by atoms with Gasteiger partial charge in [-0.15, -0.1) is 0 Å². The van der Waals surface area contributed by atoms with Gasteiger partial charge >= 0.3 is 0 Å². The molecule has 1 unspecified atom stereocenters.